The molecule has 2 aliphatic heterocycles. The molecule has 2 aliphatic rings. The maximum absolute atomic E-state index is 12.9. The Morgan fingerprint density at radius 3 is 2.41 bits per heavy atom. The fourth-order valence-corrected chi connectivity index (χ4v) is 5.38. The van der Waals surface area contributed by atoms with Crippen LogP contribution in [0.5, 0.6) is 0 Å². The van der Waals surface area contributed by atoms with Crippen LogP contribution >= 0.6 is 11.8 Å². The number of para-hydroxylation sites is 1. The van der Waals surface area contributed by atoms with Crippen molar-refractivity contribution in [2.45, 2.75) is 34.1 Å². The van der Waals surface area contributed by atoms with Crippen LogP contribution in [-0.2, 0) is 11.2 Å². The Balaban J connectivity index is 1.49. The Hall–Kier alpha value is -3.71. The lowest BCUT2D eigenvalue weighted by Gasteiger charge is -2.20. The minimum absolute atomic E-state index is 0.0578. The maximum atomic E-state index is 12.9. The van der Waals surface area contributed by atoms with Crippen molar-refractivity contribution >= 4 is 39.8 Å². The smallest absolute Gasteiger partial charge is 0.283 e. The van der Waals surface area contributed by atoms with Gasteiger partial charge in [-0.15, -0.1) is 0 Å². The van der Waals surface area contributed by atoms with Crippen molar-refractivity contribution in [1.82, 2.24) is 9.58 Å². The third-order valence-electron chi connectivity index (χ3n) is 6.13. The zero-order valence-corrected chi connectivity index (χ0v) is 20.4. The van der Waals surface area contributed by atoms with Gasteiger partial charge in [0.2, 0.25) is 5.17 Å². The van der Waals surface area contributed by atoms with Gasteiger partial charge in [-0.25, -0.2) is 0 Å². The van der Waals surface area contributed by atoms with Gasteiger partial charge in [-0.05, 0) is 73.9 Å². The van der Waals surface area contributed by atoms with Crippen LogP contribution in [0.2, 0.25) is 0 Å². The standard InChI is InChI=1S/C27H25N5OS/c1-16-9-8-10-17(2)24(16)31-18(3)13-21(19(31)4)15-22-25(28)32-27(29-26(22)33)34-23(30-32)14-20-11-6-5-7-12-20/h5-13,15,28H,14H2,1-4H3/b22-15+,28-25?. The number of amidine groups is 2. The van der Waals surface area contributed by atoms with E-state index in [0.717, 1.165) is 33.2 Å². The summed E-state index contributed by atoms with van der Waals surface area (Å²) < 4.78 is 2.21. The van der Waals surface area contributed by atoms with Gasteiger partial charge in [-0.2, -0.15) is 15.1 Å². The number of carbonyl (C=O) groups excluding carboxylic acids is 1. The van der Waals surface area contributed by atoms with Gasteiger partial charge in [-0.3, -0.25) is 10.2 Å². The first-order valence-corrected chi connectivity index (χ1v) is 11.9. The lowest BCUT2D eigenvalue weighted by molar-refractivity contribution is -0.114. The predicted molar refractivity (Wildman–Crippen MR) is 140 cm³/mol. The van der Waals surface area contributed by atoms with Crippen LogP contribution < -0.4 is 0 Å². The number of benzene rings is 2. The number of carbonyl (C=O) groups is 1. The van der Waals surface area contributed by atoms with Crippen LogP contribution in [0, 0.1) is 33.1 Å². The molecule has 6 nitrogen and oxygen atoms in total. The van der Waals surface area contributed by atoms with Gasteiger partial charge in [0.1, 0.15) is 5.04 Å². The highest BCUT2D eigenvalue weighted by Gasteiger charge is 2.35. The molecule has 7 heteroatoms. The molecule has 3 aromatic rings. The average Bonchev–Trinajstić information content (AvgIpc) is 3.32. The van der Waals surface area contributed by atoms with Gasteiger partial charge >= 0.3 is 0 Å². The third-order valence-corrected chi connectivity index (χ3v) is 7.04. The number of aliphatic imine (C=N–C) groups is 1. The van der Waals surface area contributed by atoms with Crippen molar-refractivity contribution in [3.05, 3.63) is 93.8 Å². The first-order valence-electron chi connectivity index (χ1n) is 11.1. The van der Waals surface area contributed by atoms with Gasteiger partial charge in [0.15, 0.2) is 5.84 Å². The maximum Gasteiger partial charge on any atom is 0.283 e. The van der Waals surface area contributed by atoms with Crippen molar-refractivity contribution in [2.75, 3.05) is 0 Å². The van der Waals surface area contributed by atoms with E-state index in [9.17, 15) is 4.79 Å². The van der Waals surface area contributed by atoms with E-state index in [1.165, 1.54) is 27.9 Å². The van der Waals surface area contributed by atoms with Gasteiger partial charge in [0, 0.05) is 17.8 Å². The molecule has 0 saturated heterocycles. The van der Waals surface area contributed by atoms with E-state index in [4.69, 9.17) is 5.41 Å². The molecule has 2 aromatic carbocycles. The molecule has 170 valence electrons. The Morgan fingerprint density at radius 1 is 1.00 bits per heavy atom. The molecule has 1 amide bonds. The van der Waals surface area contributed by atoms with Crippen LogP contribution in [0.25, 0.3) is 11.8 Å². The first-order chi connectivity index (χ1) is 16.3. The Morgan fingerprint density at radius 2 is 1.71 bits per heavy atom. The zero-order valence-electron chi connectivity index (χ0n) is 19.6. The molecule has 1 aromatic heterocycles. The van der Waals surface area contributed by atoms with E-state index in [0.29, 0.717) is 11.6 Å². The predicted octanol–water partition coefficient (Wildman–Crippen LogP) is 5.57. The van der Waals surface area contributed by atoms with Gasteiger partial charge < -0.3 is 4.57 Å². The second-order valence-corrected chi connectivity index (χ2v) is 9.62. The summed E-state index contributed by atoms with van der Waals surface area (Å²) in [6.45, 7) is 8.30. The molecular formula is C27H25N5OS. The average molecular weight is 468 g/mol. The number of hydrogen-bond donors (Lipinski definition) is 1. The zero-order chi connectivity index (χ0) is 24.0. The number of amides is 1. The minimum atomic E-state index is -0.406. The summed E-state index contributed by atoms with van der Waals surface area (Å²) >= 11 is 1.35. The first kappa shape index (κ1) is 22.1. The summed E-state index contributed by atoms with van der Waals surface area (Å²) in [5.41, 5.74) is 7.88. The lowest BCUT2D eigenvalue weighted by atomic mass is 10.1. The Kier molecular flexibility index (Phi) is 5.57. The number of nitrogens with zero attached hydrogens (tertiary/aromatic N) is 4. The molecule has 0 atom stereocenters. The van der Waals surface area contributed by atoms with Crippen LogP contribution in [0.1, 0.15) is 33.6 Å². The fourth-order valence-electron chi connectivity index (χ4n) is 4.47. The molecule has 1 N–H and O–H groups in total. The number of hydrazone groups is 1. The quantitative estimate of drug-likeness (QED) is 0.510. The molecule has 0 unspecified atom stereocenters. The molecular weight excluding hydrogens is 442 g/mol. The highest BCUT2D eigenvalue weighted by atomic mass is 32.2. The van der Waals surface area contributed by atoms with Crippen molar-refractivity contribution in [2.24, 2.45) is 10.1 Å². The normalized spacial score (nSPS) is 16.7. The summed E-state index contributed by atoms with van der Waals surface area (Å²) in [4.78, 5) is 17.1. The summed E-state index contributed by atoms with van der Waals surface area (Å²) in [6.07, 6.45) is 2.41. The fraction of sp³-hybridized carbons (Fsp3) is 0.185. The van der Waals surface area contributed by atoms with E-state index in [2.05, 4.69) is 59.7 Å². The third kappa shape index (κ3) is 3.82. The van der Waals surface area contributed by atoms with Gasteiger partial charge in [0.05, 0.1) is 11.3 Å². The van der Waals surface area contributed by atoms with Gasteiger partial charge in [-0.1, -0.05) is 48.5 Å². The SMILES string of the molecule is Cc1cccc(C)c1-n1c(C)cc(/C=C2\C(=N)N3N=C(Cc4ccccc4)SC3=NC2=O)c1C. The summed E-state index contributed by atoms with van der Waals surface area (Å²) in [5, 5.41) is 16.0. The van der Waals surface area contributed by atoms with Crippen LogP contribution in [-0.4, -0.2) is 31.5 Å². The van der Waals surface area contributed by atoms with E-state index >= 15 is 0 Å². The van der Waals surface area contributed by atoms with Crippen LogP contribution in [0.15, 0.2) is 70.3 Å². The second kappa shape index (κ2) is 8.57. The van der Waals surface area contributed by atoms with Crippen molar-refractivity contribution < 1.29 is 4.79 Å². The summed E-state index contributed by atoms with van der Waals surface area (Å²) in [7, 11) is 0. The number of rotatable bonds is 4. The number of thioether (sulfide) groups is 1. The van der Waals surface area contributed by atoms with Crippen molar-refractivity contribution in [1.29, 1.82) is 5.41 Å². The topological polar surface area (TPSA) is 73.8 Å². The molecule has 3 heterocycles. The van der Waals surface area contributed by atoms with Gasteiger partial charge in [0.25, 0.3) is 5.91 Å². The lowest BCUT2D eigenvalue weighted by Crippen LogP contribution is -2.35. The highest BCUT2D eigenvalue weighted by Crippen LogP contribution is 2.31. The molecule has 0 radical (unpaired) electrons. The Labute approximate surface area is 203 Å². The van der Waals surface area contributed by atoms with Crippen LogP contribution in [0.4, 0.5) is 0 Å². The molecule has 0 aliphatic carbocycles. The second-order valence-electron chi connectivity index (χ2n) is 8.58. The molecule has 0 spiro atoms. The number of aryl methyl sites for hydroxylation is 3. The molecule has 0 bridgehead atoms. The van der Waals surface area contributed by atoms with E-state index in [1.807, 2.05) is 37.3 Å². The van der Waals surface area contributed by atoms with Crippen LogP contribution in [0.3, 0.4) is 0 Å². The number of nitrogens with one attached hydrogen (secondary N) is 1. The van der Waals surface area contributed by atoms with E-state index in [1.54, 1.807) is 6.08 Å². The Bertz CT molecular complexity index is 1410. The minimum Gasteiger partial charge on any atom is -0.317 e. The largest absolute Gasteiger partial charge is 0.317 e. The number of fused-ring (bicyclic) bond motifs is 1. The number of aromatic nitrogens is 1. The molecule has 0 fully saturated rings. The number of hydrogen-bond acceptors (Lipinski definition) is 4. The molecule has 34 heavy (non-hydrogen) atoms. The van der Waals surface area contributed by atoms with E-state index in [-0.39, 0.29) is 11.4 Å². The molecule has 5 rings (SSSR count). The van der Waals surface area contributed by atoms with E-state index < -0.39 is 5.91 Å². The monoisotopic (exact) mass is 467 g/mol. The summed E-state index contributed by atoms with van der Waals surface area (Å²) in [5.74, 6) is -0.348. The van der Waals surface area contributed by atoms with Crippen molar-refractivity contribution in [3.63, 3.8) is 0 Å². The summed E-state index contributed by atoms with van der Waals surface area (Å²) in [6, 6.07) is 18.3. The van der Waals surface area contributed by atoms with Crippen molar-refractivity contribution in [3.8, 4) is 5.69 Å². The molecule has 0 saturated carbocycles. The highest BCUT2D eigenvalue weighted by molar-refractivity contribution is 8.26.